The molecule has 0 rings (SSSR count). The van der Waals surface area contributed by atoms with Crippen LogP contribution in [0.2, 0.25) is 0 Å². The first-order chi connectivity index (χ1) is 27.5. The third-order valence-electron chi connectivity index (χ3n) is 10.1. The topological polar surface area (TPSA) is 95.9 Å². The summed E-state index contributed by atoms with van der Waals surface area (Å²) in [6.07, 6.45) is 53.9. The van der Waals surface area contributed by atoms with Crippen molar-refractivity contribution in [1.29, 1.82) is 0 Å². The van der Waals surface area contributed by atoms with Crippen LogP contribution < -0.4 is 5.32 Å². The number of ether oxygens (including phenoxy) is 1. The number of carbonyl (C=O) groups excluding carboxylic acids is 2. The van der Waals surface area contributed by atoms with E-state index in [0.29, 0.717) is 19.3 Å². The molecule has 3 N–H and O–H groups in total. The molecule has 6 heteroatoms. The lowest BCUT2D eigenvalue weighted by atomic mass is 10.0. The molecule has 6 nitrogen and oxygen atoms in total. The Bertz CT molecular complexity index is 1060. The third kappa shape index (κ3) is 38.2. The number of amides is 1. The standard InChI is InChI=1S/C50H87NO5/c1-4-7-10-13-16-19-22-24-25-28-31-34-37-40-43-50(55)56-46(41-38-35-32-29-26-21-18-15-12-9-6-3)44-49(54)51-47(45-52)48(53)42-39-36-33-30-27-23-20-17-14-11-8-5-2/h7,9-10,12,15-16,18-19,21,24-26,46-48,52-53H,4-6,8,11,13-14,17,20,22-23,27-45H2,1-3H3,(H,51,54)/b10-7+,12-9+,18-15+,19-16+,25-24+,26-21-. The summed E-state index contributed by atoms with van der Waals surface area (Å²) in [5.41, 5.74) is 0. The van der Waals surface area contributed by atoms with Crippen molar-refractivity contribution in [3.63, 3.8) is 0 Å². The Kier molecular flexibility index (Phi) is 41.3. The first-order valence-corrected chi connectivity index (χ1v) is 23.2. The van der Waals surface area contributed by atoms with Gasteiger partial charge in [0.05, 0.1) is 25.2 Å². The molecule has 0 aliphatic rings. The highest BCUT2D eigenvalue weighted by Crippen LogP contribution is 2.17. The monoisotopic (exact) mass is 782 g/mol. The minimum Gasteiger partial charge on any atom is -0.462 e. The molecule has 56 heavy (non-hydrogen) atoms. The van der Waals surface area contributed by atoms with Crippen molar-refractivity contribution >= 4 is 11.9 Å². The molecule has 0 aromatic heterocycles. The van der Waals surface area contributed by atoms with Crippen molar-refractivity contribution in [3.05, 3.63) is 72.9 Å². The van der Waals surface area contributed by atoms with Gasteiger partial charge in [0.2, 0.25) is 5.91 Å². The lowest BCUT2D eigenvalue weighted by molar-refractivity contribution is -0.151. The van der Waals surface area contributed by atoms with E-state index in [1.54, 1.807) is 0 Å². The highest BCUT2D eigenvalue weighted by atomic mass is 16.5. The van der Waals surface area contributed by atoms with Crippen molar-refractivity contribution in [2.75, 3.05) is 6.61 Å². The van der Waals surface area contributed by atoms with Gasteiger partial charge in [-0.1, -0.05) is 190 Å². The summed E-state index contributed by atoms with van der Waals surface area (Å²) < 4.78 is 5.87. The Hall–Kier alpha value is -2.70. The summed E-state index contributed by atoms with van der Waals surface area (Å²) in [5.74, 6) is -0.542. The summed E-state index contributed by atoms with van der Waals surface area (Å²) in [5, 5.41) is 23.6. The maximum Gasteiger partial charge on any atom is 0.306 e. The quantitative estimate of drug-likeness (QED) is 0.0249. The Morgan fingerprint density at radius 2 is 1.05 bits per heavy atom. The summed E-state index contributed by atoms with van der Waals surface area (Å²) in [6.45, 7) is 6.20. The van der Waals surface area contributed by atoms with Crippen LogP contribution in [0.5, 0.6) is 0 Å². The summed E-state index contributed by atoms with van der Waals surface area (Å²) in [7, 11) is 0. The Balaban J connectivity index is 4.66. The fourth-order valence-electron chi connectivity index (χ4n) is 6.62. The number of esters is 1. The van der Waals surface area contributed by atoms with E-state index < -0.39 is 18.2 Å². The van der Waals surface area contributed by atoms with Crippen molar-refractivity contribution in [1.82, 2.24) is 5.32 Å². The van der Waals surface area contributed by atoms with Crippen LogP contribution in [0.3, 0.4) is 0 Å². The number of aliphatic hydroxyl groups is 2. The van der Waals surface area contributed by atoms with Crippen LogP contribution in [0.25, 0.3) is 0 Å². The number of aliphatic hydroxyl groups excluding tert-OH is 2. The summed E-state index contributed by atoms with van der Waals surface area (Å²) in [4.78, 5) is 26.0. The third-order valence-corrected chi connectivity index (χ3v) is 10.1. The van der Waals surface area contributed by atoms with E-state index >= 15 is 0 Å². The van der Waals surface area contributed by atoms with E-state index in [0.717, 1.165) is 103 Å². The molecule has 0 saturated heterocycles. The average Bonchev–Trinajstić information content (AvgIpc) is 3.19. The fraction of sp³-hybridized carbons (Fsp3) is 0.720. The molecule has 0 fully saturated rings. The van der Waals surface area contributed by atoms with Crippen molar-refractivity contribution < 1.29 is 24.5 Å². The first-order valence-electron chi connectivity index (χ1n) is 23.2. The lowest BCUT2D eigenvalue weighted by Crippen LogP contribution is -2.46. The molecule has 1 amide bonds. The molecule has 322 valence electrons. The van der Waals surface area contributed by atoms with Gasteiger partial charge in [-0.3, -0.25) is 9.59 Å². The predicted molar refractivity (Wildman–Crippen MR) is 241 cm³/mol. The fourth-order valence-corrected chi connectivity index (χ4v) is 6.62. The van der Waals surface area contributed by atoms with Crippen LogP contribution in [0.15, 0.2) is 72.9 Å². The first kappa shape index (κ1) is 53.3. The second-order valence-electron chi connectivity index (χ2n) is 15.5. The molecule has 0 aliphatic heterocycles. The number of unbranched alkanes of at least 4 members (excludes halogenated alkanes) is 18. The van der Waals surface area contributed by atoms with Crippen LogP contribution in [-0.4, -0.2) is 46.9 Å². The molecule has 0 spiro atoms. The molecular formula is C50H87NO5. The molecular weight excluding hydrogens is 695 g/mol. The van der Waals surface area contributed by atoms with E-state index in [2.05, 4.69) is 86.8 Å². The molecule has 3 atom stereocenters. The van der Waals surface area contributed by atoms with E-state index in [1.165, 1.54) is 57.8 Å². The molecule has 0 bridgehead atoms. The highest BCUT2D eigenvalue weighted by molar-refractivity contribution is 5.77. The van der Waals surface area contributed by atoms with Gasteiger partial charge in [0.15, 0.2) is 0 Å². The van der Waals surface area contributed by atoms with Crippen LogP contribution in [0.4, 0.5) is 0 Å². The van der Waals surface area contributed by atoms with Gasteiger partial charge in [0.1, 0.15) is 6.10 Å². The van der Waals surface area contributed by atoms with Gasteiger partial charge >= 0.3 is 5.97 Å². The number of allylic oxidation sites excluding steroid dienone is 12. The number of hydrogen-bond donors (Lipinski definition) is 3. The predicted octanol–water partition coefficient (Wildman–Crippen LogP) is 13.4. The average molecular weight is 782 g/mol. The van der Waals surface area contributed by atoms with Gasteiger partial charge in [-0.05, 0) is 77.0 Å². The minimum atomic E-state index is -0.802. The van der Waals surface area contributed by atoms with Crippen LogP contribution >= 0.6 is 0 Å². The van der Waals surface area contributed by atoms with Crippen LogP contribution in [-0.2, 0) is 14.3 Å². The van der Waals surface area contributed by atoms with Crippen LogP contribution in [0, 0.1) is 0 Å². The van der Waals surface area contributed by atoms with E-state index in [-0.39, 0.29) is 24.9 Å². The molecule has 0 aromatic rings. The molecule has 0 aromatic carbocycles. The number of rotatable bonds is 40. The van der Waals surface area contributed by atoms with Crippen molar-refractivity contribution in [3.8, 4) is 0 Å². The summed E-state index contributed by atoms with van der Waals surface area (Å²) >= 11 is 0. The van der Waals surface area contributed by atoms with Crippen molar-refractivity contribution in [2.45, 2.75) is 225 Å². The normalized spacial score (nSPS) is 14.0. The number of hydrogen-bond acceptors (Lipinski definition) is 5. The van der Waals surface area contributed by atoms with E-state index in [1.807, 2.05) is 12.2 Å². The smallest absolute Gasteiger partial charge is 0.306 e. The second-order valence-corrected chi connectivity index (χ2v) is 15.5. The molecule has 3 unspecified atom stereocenters. The lowest BCUT2D eigenvalue weighted by Gasteiger charge is -2.24. The Labute approximate surface area is 345 Å². The maximum atomic E-state index is 13.1. The molecule has 0 radical (unpaired) electrons. The van der Waals surface area contributed by atoms with E-state index in [9.17, 15) is 19.8 Å². The summed E-state index contributed by atoms with van der Waals surface area (Å²) in [6, 6.07) is -0.718. The van der Waals surface area contributed by atoms with Crippen molar-refractivity contribution in [2.24, 2.45) is 0 Å². The maximum absolute atomic E-state index is 13.1. The molecule has 0 aliphatic carbocycles. The Morgan fingerprint density at radius 3 is 1.68 bits per heavy atom. The highest BCUT2D eigenvalue weighted by Gasteiger charge is 2.24. The SMILES string of the molecule is CC/C=C/C=C/C=C\CCCCCC(CC(=O)NC(CO)C(O)CCCCCCCCCCCCCC)OC(=O)CCCCCC/C=C/C/C=C/C/C=C/CC. The Morgan fingerprint density at radius 1 is 0.554 bits per heavy atom. The van der Waals surface area contributed by atoms with Gasteiger partial charge in [0, 0.05) is 6.42 Å². The molecule has 0 heterocycles. The van der Waals surface area contributed by atoms with Gasteiger partial charge in [-0.15, -0.1) is 0 Å². The van der Waals surface area contributed by atoms with Crippen LogP contribution in [0.1, 0.15) is 207 Å². The zero-order chi connectivity index (χ0) is 41.0. The second kappa shape index (κ2) is 43.4. The van der Waals surface area contributed by atoms with Gasteiger partial charge in [-0.2, -0.15) is 0 Å². The number of carbonyl (C=O) groups is 2. The zero-order valence-corrected chi connectivity index (χ0v) is 36.5. The largest absolute Gasteiger partial charge is 0.462 e. The van der Waals surface area contributed by atoms with Gasteiger partial charge < -0.3 is 20.3 Å². The zero-order valence-electron chi connectivity index (χ0n) is 36.5. The van der Waals surface area contributed by atoms with E-state index in [4.69, 9.17) is 4.74 Å². The molecule has 0 saturated carbocycles. The van der Waals surface area contributed by atoms with Gasteiger partial charge in [0.25, 0.3) is 0 Å². The number of nitrogens with one attached hydrogen (secondary N) is 1. The minimum absolute atomic E-state index is 0.0422. The van der Waals surface area contributed by atoms with Gasteiger partial charge in [-0.25, -0.2) is 0 Å².